The molecule has 0 fully saturated rings. The number of rotatable bonds is 4. The molecule has 9 nitrogen and oxygen atoms in total. The van der Waals surface area contributed by atoms with Crippen molar-refractivity contribution in [3.8, 4) is 0 Å². The van der Waals surface area contributed by atoms with E-state index in [2.05, 4.69) is 4.79 Å². The van der Waals surface area contributed by atoms with Crippen LogP contribution in [0.1, 0.15) is 12.8 Å². The predicted octanol–water partition coefficient (Wildman–Crippen LogP) is -0.0649. The average molecular weight is 310 g/mol. The molecule has 5 N–H and O–H groups in total. The third-order valence-electron chi connectivity index (χ3n) is 2.57. The smallest absolute Gasteiger partial charge is 0.367 e. The van der Waals surface area contributed by atoms with Crippen molar-refractivity contribution in [3.63, 3.8) is 0 Å². The number of allylic oxidation sites excluding steroid dienone is 3. The molecule has 0 saturated heterocycles. The second kappa shape index (κ2) is 5.25. The first-order chi connectivity index (χ1) is 8.51. The highest BCUT2D eigenvalue weighted by Gasteiger charge is 2.59. The number of nitrogens with zero attached hydrogens (tertiary/aromatic N) is 2. The Bertz CT molecular complexity index is 556. The zero-order chi connectivity index (χ0) is 14.9. The molecule has 1 aliphatic carbocycles. The van der Waals surface area contributed by atoms with Crippen LogP contribution in [0.2, 0.25) is 0 Å². The van der Waals surface area contributed by atoms with E-state index in [1.807, 2.05) is 0 Å². The summed E-state index contributed by atoms with van der Waals surface area (Å²) in [5, 5.41) is 6.21. The number of aliphatic hydroxyl groups is 1. The van der Waals surface area contributed by atoms with Crippen molar-refractivity contribution in [2.24, 2.45) is 0 Å². The molecule has 0 heterocycles. The molecule has 0 aromatic rings. The van der Waals surface area contributed by atoms with Crippen molar-refractivity contribution >= 4 is 20.9 Å². The third kappa shape index (κ3) is 3.36. The molecule has 106 valence electrons. The van der Waals surface area contributed by atoms with Gasteiger partial charge in [-0.1, -0.05) is 12.2 Å². The predicted molar refractivity (Wildman–Crippen MR) is 64.1 cm³/mol. The second-order valence-electron chi connectivity index (χ2n) is 3.95. The topological polar surface area (TPSA) is 172 Å². The number of hydrogen-bond donors (Lipinski definition) is 5. The Morgan fingerprint density at radius 3 is 2.05 bits per heavy atom. The van der Waals surface area contributed by atoms with E-state index in [1.54, 1.807) is 0 Å². The van der Waals surface area contributed by atoms with Gasteiger partial charge in [-0.2, -0.15) is 4.79 Å². The van der Waals surface area contributed by atoms with E-state index < -0.39 is 26.7 Å². The highest BCUT2D eigenvalue weighted by Crippen LogP contribution is 2.69. The Labute approximate surface area is 107 Å². The van der Waals surface area contributed by atoms with Gasteiger partial charge in [0.05, 0.1) is 6.42 Å². The molecule has 0 aliphatic heterocycles. The first kappa shape index (κ1) is 16.2. The highest BCUT2D eigenvalue weighted by molar-refractivity contribution is 7.72. The fourth-order valence-electron chi connectivity index (χ4n) is 1.43. The molecule has 0 spiro atoms. The van der Waals surface area contributed by atoms with Crippen LogP contribution in [0.3, 0.4) is 0 Å². The van der Waals surface area contributed by atoms with Crippen molar-refractivity contribution in [1.82, 2.24) is 0 Å². The summed E-state index contributed by atoms with van der Waals surface area (Å²) < 4.78 is 22.3. The maximum Gasteiger partial charge on any atom is 0.369 e. The Morgan fingerprint density at radius 2 is 1.74 bits per heavy atom. The van der Waals surface area contributed by atoms with Crippen LogP contribution < -0.4 is 0 Å². The molecule has 19 heavy (non-hydrogen) atoms. The monoisotopic (exact) mass is 310 g/mol. The van der Waals surface area contributed by atoms with Crippen LogP contribution in [-0.4, -0.2) is 40.3 Å². The minimum atomic E-state index is -5.46. The van der Waals surface area contributed by atoms with Gasteiger partial charge in [0.25, 0.3) is 10.8 Å². The van der Waals surface area contributed by atoms with Crippen LogP contribution in [0.4, 0.5) is 0 Å². The largest absolute Gasteiger partial charge is 0.369 e. The average Bonchev–Trinajstić information content (AvgIpc) is 2.27. The Hall–Kier alpha value is -0.880. The fourth-order valence-corrected chi connectivity index (χ4v) is 3.56. The zero-order valence-corrected chi connectivity index (χ0v) is 11.3. The molecule has 0 saturated carbocycles. The first-order valence-electron chi connectivity index (χ1n) is 4.93. The normalized spacial score (nSPS) is 17.1. The molecule has 11 heteroatoms. The zero-order valence-electron chi connectivity index (χ0n) is 9.49. The highest BCUT2D eigenvalue weighted by atomic mass is 31.2. The van der Waals surface area contributed by atoms with E-state index in [-0.39, 0.29) is 17.7 Å². The van der Waals surface area contributed by atoms with Gasteiger partial charge < -0.3 is 30.2 Å². The summed E-state index contributed by atoms with van der Waals surface area (Å²) in [6.45, 7) is 0. The lowest BCUT2D eigenvalue weighted by molar-refractivity contribution is -0.00542. The molecule has 0 aromatic carbocycles. The van der Waals surface area contributed by atoms with Gasteiger partial charge in [0.2, 0.25) is 0 Å². The number of hydrogen-bond acceptors (Lipinski definition) is 3. The van der Waals surface area contributed by atoms with E-state index in [9.17, 15) is 14.2 Å². The van der Waals surface area contributed by atoms with Gasteiger partial charge in [-0.3, -0.25) is 9.13 Å². The van der Waals surface area contributed by atoms with E-state index >= 15 is 0 Å². The second-order valence-corrected chi connectivity index (χ2v) is 7.96. The van der Waals surface area contributed by atoms with Gasteiger partial charge in [0.1, 0.15) is 0 Å². The minimum absolute atomic E-state index is 0.112. The summed E-state index contributed by atoms with van der Waals surface area (Å²) in [5.74, 6) is 0. The molecular formula is C8H12N2O7P2. The van der Waals surface area contributed by atoms with E-state index in [1.165, 1.54) is 18.2 Å². The molecule has 0 atom stereocenters. The molecule has 0 unspecified atom stereocenters. The van der Waals surface area contributed by atoms with Gasteiger partial charge in [0.15, 0.2) is 0 Å². The lowest BCUT2D eigenvalue weighted by atomic mass is 10.0. The van der Waals surface area contributed by atoms with E-state index in [0.29, 0.717) is 0 Å². The van der Waals surface area contributed by atoms with Crippen molar-refractivity contribution in [2.75, 3.05) is 0 Å². The lowest BCUT2D eigenvalue weighted by Crippen LogP contribution is -2.29. The molecule has 0 bridgehead atoms. The quantitative estimate of drug-likeness (QED) is 0.275. The SMILES string of the molecule is [N-]=[N+]=C1C=CC(CC(O)(P(=O)(O)O)P(=O)(O)O)=CC1. The van der Waals surface area contributed by atoms with Gasteiger partial charge in [-0.05, 0) is 5.57 Å². The van der Waals surface area contributed by atoms with Crippen LogP contribution >= 0.6 is 15.2 Å². The van der Waals surface area contributed by atoms with Gasteiger partial charge in [0, 0.05) is 12.5 Å². The first-order valence-corrected chi connectivity index (χ1v) is 8.15. The van der Waals surface area contributed by atoms with Gasteiger partial charge in [-0.15, -0.1) is 0 Å². The summed E-state index contributed by atoms with van der Waals surface area (Å²) in [7, 11) is -10.9. The molecular weight excluding hydrogens is 298 g/mol. The van der Waals surface area contributed by atoms with Crippen molar-refractivity contribution in [3.05, 3.63) is 29.3 Å². The maximum absolute atomic E-state index is 11.1. The molecule has 0 amide bonds. The standard InChI is InChI=1S/C8H12N2O7P2/c9-10-7-3-1-6(2-4-7)5-8(11,18(12,13)14)19(15,16)17/h1-3,11H,4-5H2,(H2,12,13,14)(H2,15,16,17). The molecule has 0 aromatic heterocycles. The Kier molecular flexibility index (Phi) is 4.47. The van der Waals surface area contributed by atoms with Crippen LogP contribution in [0, 0.1) is 0 Å². The van der Waals surface area contributed by atoms with Crippen LogP contribution in [0.5, 0.6) is 0 Å². The minimum Gasteiger partial charge on any atom is -0.367 e. The summed E-state index contributed by atoms with van der Waals surface area (Å²) in [4.78, 5) is 38.7. The van der Waals surface area contributed by atoms with Gasteiger partial charge in [-0.25, -0.2) is 0 Å². The molecule has 0 radical (unpaired) electrons. The van der Waals surface area contributed by atoms with Gasteiger partial charge >= 0.3 is 15.2 Å². The summed E-state index contributed by atoms with van der Waals surface area (Å²) in [6, 6.07) is 0. The van der Waals surface area contributed by atoms with Crippen LogP contribution in [0.25, 0.3) is 5.53 Å². The summed E-state index contributed by atoms with van der Waals surface area (Å²) in [6.07, 6.45) is 3.08. The van der Waals surface area contributed by atoms with E-state index in [0.717, 1.165) is 0 Å². The molecule has 1 aliphatic rings. The summed E-state index contributed by atoms with van der Waals surface area (Å²) >= 11 is 0. The van der Waals surface area contributed by atoms with Crippen LogP contribution in [-0.2, 0) is 9.13 Å². The molecule has 1 rings (SSSR count). The fraction of sp³-hybridized carbons (Fsp3) is 0.375. The Balaban J connectivity index is 3.11. The van der Waals surface area contributed by atoms with Crippen molar-refractivity contribution < 1.29 is 38.6 Å². The van der Waals surface area contributed by atoms with Crippen molar-refractivity contribution in [1.29, 1.82) is 0 Å². The van der Waals surface area contributed by atoms with Crippen LogP contribution in [0.15, 0.2) is 23.8 Å². The Morgan fingerprint density at radius 1 is 1.21 bits per heavy atom. The maximum atomic E-state index is 11.1. The lowest BCUT2D eigenvalue weighted by Gasteiger charge is -2.29. The van der Waals surface area contributed by atoms with Crippen molar-refractivity contribution in [2.45, 2.75) is 17.9 Å². The summed E-state index contributed by atoms with van der Waals surface area (Å²) in [5.41, 5.74) is 8.85. The third-order valence-corrected chi connectivity index (χ3v) is 6.31. The van der Waals surface area contributed by atoms with E-state index in [4.69, 9.17) is 25.1 Å².